The molecule has 1 N–H and O–H groups in total. The highest BCUT2D eigenvalue weighted by atomic mass is 16.4. The first-order valence-electron chi connectivity index (χ1n) is 6.21. The zero-order valence-electron chi connectivity index (χ0n) is 10.5. The number of aryl methyl sites for hydroxylation is 2. The maximum atomic E-state index is 10.6. The maximum absolute atomic E-state index is 10.6. The summed E-state index contributed by atoms with van der Waals surface area (Å²) in [4.78, 5) is 10.6. The summed E-state index contributed by atoms with van der Waals surface area (Å²) in [5.74, 6) is 0.664. The van der Waals surface area contributed by atoms with Crippen molar-refractivity contribution in [3.05, 3.63) is 17.0 Å². The van der Waals surface area contributed by atoms with Gasteiger partial charge in [0.1, 0.15) is 0 Å². The number of aromatic nitrogens is 2. The Kier molecular flexibility index (Phi) is 1.98. The molecule has 1 heterocycles. The van der Waals surface area contributed by atoms with Crippen LogP contribution in [0.25, 0.3) is 0 Å². The number of carboxylic acid groups (broad SMARTS) is 1. The first-order chi connectivity index (χ1) is 7.93. The van der Waals surface area contributed by atoms with Gasteiger partial charge >= 0.3 is 5.97 Å². The molecule has 1 saturated carbocycles. The average Bonchev–Trinajstić information content (AvgIpc) is 2.63. The summed E-state index contributed by atoms with van der Waals surface area (Å²) in [6.07, 6.45) is 1.24. The molecule has 2 atom stereocenters. The number of carboxylic acids is 1. The normalized spacial score (nSPS) is 27.7. The van der Waals surface area contributed by atoms with E-state index in [1.165, 1.54) is 11.3 Å². The lowest BCUT2D eigenvalue weighted by Crippen LogP contribution is -2.10. The minimum atomic E-state index is -0.754. The predicted octanol–water partition coefficient (Wildman–Crippen LogP) is 1.96. The zero-order chi connectivity index (χ0) is 12.4. The lowest BCUT2D eigenvalue weighted by atomic mass is 9.98. The Labute approximate surface area is 101 Å². The van der Waals surface area contributed by atoms with Gasteiger partial charge in [-0.3, -0.25) is 9.48 Å². The van der Waals surface area contributed by atoms with Gasteiger partial charge in [0.05, 0.1) is 18.7 Å². The van der Waals surface area contributed by atoms with Crippen LogP contribution in [0.3, 0.4) is 0 Å². The molecule has 0 amide bonds. The van der Waals surface area contributed by atoms with Crippen molar-refractivity contribution < 1.29 is 9.90 Å². The molecule has 3 rings (SSSR count). The van der Waals surface area contributed by atoms with Crippen molar-refractivity contribution in [3.8, 4) is 0 Å². The molecule has 17 heavy (non-hydrogen) atoms. The van der Waals surface area contributed by atoms with Crippen LogP contribution in [0, 0.1) is 18.3 Å². The van der Waals surface area contributed by atoms with Gasteiger partial charge < -0.3 is 5.11 Å². The fourth-order valence-electron chi connectivity index (χ4n) is 3.56. The Morgan fingerprint density at radius 3 is 2.94 bits per heavy atom. The second-order valence-corrected chi connectivity index (χ2v) is 5.92. The van der Waals surface area contributed by atoms with Gasteiger partial charge in [-0.2, -0.15) is 5.10 Å². The molecule has 2 aliphatic carbocycles. The van der Waals surface area contributed by atoms with E-state index in [-0.39, 0.29) is 6.42 Å². The second kappa shape index (κ2) is 3.12. The molecule has 4 heteroatoms. The van der Waals surface area contributed by atoms with Gasteiger partial charge in [-0.05, 0) is 30.6 Å². The van der Waals surface area contributed by atoms with Gasteiger partial charge in [-0.25, -0.2) is 0 Å². The van der Waals surface area contributed by atoms with Crippen LogP contribution in [-0.2, 0) is 17.8 Å². The molecule has 0 spiro atoms. The van der Waals surface area contributed by atoms with Crippen LogP contribution in [0.5, 0.6) is 0 Å². The molecular formula is C13H18N2O2. The summed E-state index contributed by atoms with van der Waals surface area (Å²) in [5.41, 5.74) is 4.23. The molecule has 0 unspecified atom stereocenters. The highest BCUT2D eigenvalue weighted by Gasteiger charge is 2.63. The van der Waals surface area contributed by atoms with E-state index >= 15 is 0 Å². The van der Waals surface area contributed by atoms with Gasteiger partial charge in [0.25, 0.3) is 0 Å². The third kappa shape index (κ3) is 1.36. The highest BCUT2D eigenvalue weighted by Crippen LogP contribution is 2.70. The minimum Gasteiger partial charge on any atom is -0.481 e. The topological polar surface area (TPSA) is 55.1 Å². The van der Waals surface area contributed by atoms with Crippen molar-refractivity contribution in [2.75, 3.05) is 0 Å². The van der Waals surface area contributed by atoms with Gasteiger partial charge in [-0.15, -0.1) is 0 Å². The van der Waals surface area contributed by atoms with E-state index in [1.54, 1.807) is 0 Å². The lowest BCUT2D eigenvalue weighted by Gasteiger charge is -2.10. The molecule has 2 aliphatic rings. The number of rotatable bonds is 3. The quantitative estimate of drug-likeness (QED) is 0.869. The van der Waals surface area contributed by atoms with Gasteiger partial charge in [-0.1, -0.05) is 13.8 Å². The molecule has 0 aliphatic heterocycles. The summed E-state index contributed by atoms with van der Waals surface area (Å²) in [5, 5.41) is 13.2. The van der Waals surface area contributed by atoms with E-state index in [0.717, 1.165) is 18.0 Å². The molecule has 1 aromatic heterocycles. The Morgan fingerprint density at radius 2 is 2.29 bits per heavy atom. The zero-order valence-corrected chi connectivity index (χ0v) is 10.5. The Morgan fingerprint density at radius 1 is 1.59 bits per heavy atom. The van der Waals surface area contributed by atoms with Crippen molar-refractivity contribution >= 4 is 5.97 Å². The maximum Gasteiger partial charge on any atom is 0.305 e. The van der Waals surface area contributed by atoms with Gasteiger partial charge in [0.15, 0.2) is 0 Å². The molecule has 0 radical (unpaired) electrons. The van der Waals surface area contributed by atoms with E-state index in [1.807, 2.05) is 11.6 Å². The van der Waals surface area contributed by atoms with Crippen molar-refractivity contribution in [1.29, 1.82) is 0 Å². The van der Waals surface area contributed by atoms with E-state index in [0.29, 0.717) is 17.9 Å². The van der Waals surface area contributed by atoms with Crippen molar-refractivity contribution in [3.63, 3.8) is 0 Å². The van der Waals surface area contributed by atoms with Crippen LogP contribution >= 0.6 is 0 Å². The molecule has 1 fully saturated rings. The van der Waals surface area contributed by atoms with Crippen molar-refractivity contribution in [2.24, 2.45) is 11.3 Å². The summed E-state index contributed by atoms with van der Waals surface area (Å²) >= 11 is 0. The summed E-state index contributed by atoms with van der Waals surface area (Å²) < 4.78 is 1.92. The lowest BCUT2D eigenvalue weighted by molar-refractivity contribution is -0.137. The van der Waals surface area contributed by atoms with Crippen LogP contribution in [0.4, 0.5) is 0 Å². The van der Waals surface area contributed by atoms with Crippen LogP contribution in [0.1, 0.15) is 43.1 Å². The van der Waals surface area contributed by atoms with Crippen molar-refractivity contribution in [2.45, 2.75) is 46.1 Å². The van der Waals surface area contributed by atoms with Crippen LogP contribution in [-0.4, -0.2) is 20.9 Å². The summed E-state index contributed by atoms with van der Waals surface area (Å²) in [6, 6.07) is 0. The molecule has 0 saturated heterocycles. The van der Waals surface area contributed by atoms with Crippen LogP contribution in [0.2, 0.25) is 0 Å². The van der Waals surface area contributed by atoms with Gasteiger partial charge in [0, 0.05) is 11.3 Å². The first-order valence-corrected chi connectivity index (χ1v) is 6.21. The Hall–Kier alpha value is -1.32. The predicted molar refractivity (Wildman–Crippen MR) is 62.9 cm³/mol. The smallest absolute Gasteiger partial charge is 0.305 e. The fourth-order valence-corrected chi connectivity index (χ4v) is 3.56. The number of hydrogen-bond donors (Lipinski definition) is 1. The Balaban J connectivity index is 1.89. The number of aliphatic carboxylic acids is 1. The van der Waals surface area contributed by atoms with E-state index < -0.39 is 5.97 Å². The number of nitrogens with zero attached hydrogens (tertiary/aromatic N) is 2. The molecule has 0 aromatic carbocycles. The summed E-state index contributed by atoms with van der Waals surface area (Å²) in [7, 11) is 0. The number of fused-ring (bicyclic) bond motifs is 3. The molecule has 4 nitrogen and oxygen atoms in total. The monoisotopic (exact) mass is 234 g/mol. The number of carbonyl (C=O) groups is 1. The fraction of sp³-hybridized carbons (Fsp3) is 0.692. The number of hydrogen-bond acceptors (Lipinski definition) is 2. The van der Waals surface area contributed by atoms with E-state index in [4.69, 9.17) is 5.11 Å². The third-order valence-electron chi connectivity index (χ3n) is 4.60. The molecule has 92 valence electrons. The van der Waals surface area contributed by atoms with E-state index in [2.05, 4.69) is 18.9 Å². The van der Waals surface area contributed by atoms with E-state index in [9.17, 15) is 4.79 Å². The van der Waals surface area contributed by atoms with Crippen LogP contribution in [0.15, 0.2) is 0 Å². The first kappa shape index (κ1) is 10.8. The van der Waals surface area contributed by atoms with Crippen molar-refractivity contribution in [1.82, 2.24) is 9.78 Å². The SMILES string of the molecule is Cc1nn(CCC(=O)O)c2c1[C@@H]1[C@@H](C2)C1(C)C. The highest BCUT2D eigenvalue weighted by molar-refractivity contribution is 5.66. The average molecular weight is 234 g/mol. The standard InChI is InChI=1S/C13H18N2O2/c1-7-11-9(6-8-12(11)13(8,2)3)15(14-7)5-4-10(16)17/h8,12H,4-6H2,1-3H3,(H,16,17)/t8-,12+/m1/s1. The molecular weight excluding hydrogens is 216 g/mol. The minimum absolute atomic E-state index is 0.159. The molecule has 0 bridgehead atoms. The van der Waals surface area contributed by atoms with Crippen LogP contribution < -0.4 is 0 Å². The third-order valence-corrected chi connectivity index (χ3v) is 4.60. The summed E-state index contributed by atoms with van der Waals surface area (Å²) in [6.45, 7) is 7.19. The van der Waals surface area contributed by atoms with Gasteiger partial charge in [0.2, 0.25) is 0 Å². The Bertz CT molecular complexity index is 502. The molecule has 1 aromatic rings. The largest absolute Gasteiger partial charge is 0.481 e. The second-order valence-electron chi connectivity index (χ2n) is 5.92.